The van der Waals surface area contributed by atoms with Gasteiger partial charge >= 0.3 is 6.01 Å². The Morgan fingerprint density at radius 3 is 2.62 bits per heavy atom. The number of benzene rings is 2. The molecule has 3 N–H and O–H groups in total. The number of ether oxygens (including phenoxy) is 3. The van der Waals surface area contributed by atoms with E-state index >= 15 is 8.78 Å². The van der Waals surface area contributed by atoms with E-state index in [-0.39, 0.29) is 87.7 Å². The van der Waals surface area contributed by atoms with E-state index in [0.717, 1.165) is 51.5 Å². The average molecular weight is 758 g/mol. The van der Waals surface area contributed by atoms with Gasteiger partial charge in [-0.3, -0.25) is 4.90 Å². The molecule has 11 nitrogen and oxygen atoms in total. The van der Waals surface area contributed by atoms with Crippen molar-refractivity contribution in [3.8, 4) is 41.2 Å². The molecule has 55 heavy (non-hydrogen) atoms. The Morgan fingerprint density at radius 1 is 1.09 bits per heavy atom. The molecule has 4 fully saturated rings. The smallest absolute Gasteiger partial charge is 0.319 e. The lowest BCUT2D eigenvalue weighted by Gasteiger charge is -2.55. The van der Waals surface area contributed by atoms with Gasteiger partial charge in [-0.15, -0.1) is 6.42 Å². The highest BCUT2D eigenvalue weighted by molar-refractivity contribution is 6.04. The highest BCUT2D eigenvalue weighted by atomic mass is 19.1. The van der Waals surface area contributed by atoms with Crippen LogP contribution < -0.4 is 14.4 Å². The first kappa shape index (κ1) is 37.6. The molecule has 0 spiro atoms. The molecule has 2 aliphatic carbocycles. The SMILES string of the molecule is C#Cc1c(F)ccc2cc(O)cc(-c3nc(OC)c4c(N5CCOC[C@@](C)(O)C5)nc(OC[C@]56CCC[C@H]5N(C5CC(C(C)(C)O)C5)CCC6)nc4c3F)c12. The largest absolute Gasteiger partial charge is 0.508 e. The molecular weight excluding hydrogens is 708 g/mol. The number of phenolic OH excluding ortho intramolecular Hbond substituents is 1. The number of β-amino-alcohol motifs (C(OH)–C–C–N with tert-alkyl or cyclic N) is 1. The number of fused-ring (bicyclic) bond motifs is 3. The summed E-state index contributed by atoms with van der Waals surface area (Å²) in [7, 11) is 1.40. The number of anilines is 1. The van der Waals surface area contributed by atoms with Gasteiger partial charge < -0.3 is 34.4 Å². The van der Waals surface area contributed by atoms with Gasteiger partial charge in [0.15, 0.2) is 5.82 Å². The van der Waals surface area contributed by atoms with Crippen LogP contribution >= 0.6 is 0 Å². The third-order valence-corrected chi connectivity index (χ3v) is 12.5. The van der Waals surface area contributed by atoms with Crippen molar-refractivity contribution in [2.24, 2.45) is 11.3 Å². The van der Waals surface area contributed by atoms with Gasteiger partial charge in [0, 0.05) is 35.0 Å². The number of aliphatic hydroxyl groups is 2. The zero-order chi connectivity index (χ0) is 38.9. The van der Waals surface area contributed by atoms with Crippen LogP contribution in [-0.4, -0.2) is 105 Å². The van der Waals surface area contributed by atoms with Crippen molar-refractivity contribution >= 4 is 27.5 Å². The normalized spacial score (nSPS) is 27.4. The maximum atomic E-state index is 17.3. The van der Waals surface area contributed by atoms with Gasteiger partial charge in [0.25, 0.3) is 0 Å². The Bertz CT molecular complexity index is 2180. The van der Waals surface area contributed by atoms with E-state index in [1.807, 2.05) is 13.8 Å². The Balaban J connectivity index is 1.24. The first-order valence-corrected chi connectivity index (χ1v) is 19.3. The summed E-state index contributed by atoms with van der Waals surface area (Å²) in [5.74, 6) is 1.16. The Hall–Kier alpha value is -4.35. The molecule has 2 aromatic heterocycles. The van der Waals surface area contributed by atoms with Crippen LogP contribution in [0.25, 0.3) is 32.9 Å². The van der Waals surface area contributed by atoms with Gasteiger partial charge in [-0.05, 0) is 95.3 Å². The first-order chi connectivity index (χ1) is 26.2. The number of terminal acetylenes is 1. The van der Waals surface area contributed by atoms with Gasteiger partial charge in [-0.2, -0.15) is 9.97 Å². The summed E-state index contributed by atoms with van der Waals surface area (Å²) in [6, 6.07) is 6.07. The minimum absolute atomic E-state index is 0.0184. The number of hydrogen-bond donors (Lipinski definition) is 3. The third kappa shape index (κ3) is 6.71. The van der Waals surface area contributed by atoms with Crippen LogP contribution in [0.1, 0.15) is 71.3 Å². The van der Waals surface area contributed by atoms with E-state index in [9.17, 15) is 15.3 Å². The average Bonchev–Trinajstić information content (AvgIpc) is 3.47. The maximum absolute atomic E-state index is 17.3. The Kier molecular flexibility index (Phi) is 9.56. The predicted molar refractivity (Wildman–Crippen MR) is 204 cm³/mol. The lowest BCUT2D eigenvalue weighted by molar-refractivity contribution is -0.0970. The van der Waals surface area contributed by atoms with E-state index in [0.29, 0.717) is 30.6 Å². The molecule has 2 aliphatic heterocycles. The quantitative estimate of drug-likeness (QED) is 0.184. The van der Waals surface area contributed by atoms with E-state index in [1.54, 1.807) is 11.8 Å². The maximum Gasteiger partial charge on any atom is 0.319 e. The van der Waals surface area contributed by atoms with E-state index in [1.165, 1.54) is 31.4 Å². The monoisotopic (exact) mass is 757 g/mol. The molecule has 4 aliphatic rings. The highest BCUT2D eigenvalue weighted by Crippen LogP contribution is 2.52. The summed E-state index contributed by atoms with van der Waals surface area (Å²) in [5.41, 5.74) is -2.54. The summed E-state index contributed by atoms with van der Waals surface area (Å²) in [6.07, 6.45) is 12.8. The van der Waals surface area contributed by atoms with Gasteiger partial charge in [-0.25, -0.2) is 13.8 Å². The number of aromatic hydroxyl groups is 1. The molecule has 2 aromatic carbocycles. The number of hydrogen-bond acceptors (Lipinski definition) is 11. The highest BCUT2D eigenvalue weighted by Gasteiger charge is 2.53. The van der Waals surface area contributed by atoms with E-state index in [4.69, 9.17) is 30.6 Å². The van der Waals surface area contributed by atoms with Crippen LogP contribution in [-0.2, 0) is 4.74 Å². The van der Waals surface area contributed by atoms with Crippen LogP contribution in [0.2, 0.25) is 0 Å². The molecule has 292 valence electrons. The van der Waals surface area contributed by atoms with Crippen molar-refractivity contribution in [2.45, 2.75) is 89.0 Å². The number of nitrogens with zero attached hydrogens (tertiary/aromatic N) is 5. The molecule has 0 bridgehead atoms. The zero-order valence-electron chi connectivity index (χ0n) is 31.9. The molecule has 2 saturated carbocycles. The first-order valence-electron chi connectivity index (χ1n) is 19.3. The Labute approximate surface area is 319 Å². The van der Waals surface area contributed by atoms with E-state index < -0.39 is 22.8 Å². The van der Waals surface area contributed by atoms with Gasteiger partial charge in [-0.1, -0.05) is 18.4 Å². The standard InChI is InChI=1S/C42H49F2N5O6/c1-6-28-30(43)11-10-24-17-27(50)20-29(32(24)28)35-34(44)36-33(38(45-35)53-5)37(48-15-16-54-22-41(4,52)21-48)47-39(46-36)55-23-42-12-7-9-31(42)49(14-8-13-42)26-18-25(19-26)40(2,3)51/h1,10-11,17,20,25-26,31,50-52H,7-9,12-16,18-19,21-23H2,2-5H3/t25?,26?,31-,41+,42-/m1/s1. The summed E-state index contributed by atoms with van der Waals surface area (Å²) in [6.45, 7) is 7.61. The number of halogens is 2. The fourth-order valence-corrected chi connectivity index (χ4v) is 9.68. The lowest BCUT2D eigenvalue weighted by atomic mass is 9.68. The van der Waals surface area contributed by atoms with Gasteiger partial charge in [0.1, 0.15) is 39.6 Å². The molecule has 4 aromatic rings. The van der Waals surface area contributed by atoms with Gasteiger partial charge in [0.05, 0.1) is 44.6 Å². The van der Waals surface area contributed by atoms with Crippen molar-refractivity contribution in [2.75, 3.05) is 51.5 Å². The van der Waals surface area contributed by atoms with Gasteiger partial charge in [0.2, 0.25) is 5.88 Å². The van der Waals surface area contributed by atoms with Crippen molar-refractivity contribution in [3.05, 3.63) is 41.5 Å². The van der Waals surface area contributed by atoms with Crippen molar-refractivity contribution in [1.82, 2.24) is 19.9 Å². The molecule has 13 heteroatoms. The molecule has 4 heterocycles. The van der Waals surface area contributed by atoms with Crippen LogP contribution in [0.5, 0.6) is 17.6 Å². The minimum Gasteiger partial charge on any atom is -0.508 e. The van der Waals surface area contributed by atoms with Crippen LogP contribution in [0.15, 0.2) is 24.3 Å². The van der Waals surface area contributed by atoms with E-state index in [2.05, 4.69) is 15.8 Å². The number of pyridine rings is 1. The predicted octanol–water partition coefficient (Wildman–Crippen LogP) is 5.97. The summed E-state index contributed by atoms with van der Waals surface area (Å²) < 4.78 is 50.5. The second-order valence-electron chi connectivity index (χ2n) is 16.8. The molecule has 0 amide bonds. The minimum atomic E-state index is -1.25. The zero-order valence-corrected chi connectivity index (χ0v) is 31.9. The second-order valence-corrected chi connectivity index (χ2v) is 16.8. The van der Waals surface area contributed by atoms with Crippen molar-refractivity contribution in [1.29, 1.82) is 0 Å². The molecule has 0 unspecified atom stereocenters. The number of likely N-dealkylation sites (tertiary alicyclic amines) is 1. The van der Waals surface area contributed by atoms with Crippen molar-refractivity contribution in [3.63, 3.8) is 0 Å². The molecule has 3 atom stereocenters. The van der Waals surface area contributed by atoms with Crippen LogP contribution in [0, 0.1) is 35.3 Å². The number of piperidine rings is 1. The third-order valence-electron chi connectivity index (χ3n) is 12.5. The topological polar surface area (TPSA) is 134 Å². The fraction of sp³-hybridized carbons (Fsp3) is 0.548. The molecule has 0 radical (unpaired) electrons. The molecule has 8 rings (SSSR count). The molecule has 2 saturated heterocycles. The Morgan fingerprint density at radius 2 is 1.87 bits per heavy atom. The number of aromatic nitrogens is 3. The number of phenols is 1. The summed E-state index contributed by atoms with van der Waals surface area (Å²) in [4.78, 5) is 18.6. The van der Waals surface area contributed by atoms with Crippen LogP contribution in [0.4, 0.5) is 14.6 Å². The van der Waals surface area contributed by atoms with Crippen LogP contribution in [0.3, 0.4) is 0 Å². The van der Waals surface area contributed by atoms with Crippen molar-refractivity contribution < 1.29 is 38.3 Å². The molecular formula is C42H49F2N5O6. The second kappa shape index (κ2) is 14.0. The number of rotatable bonds is 8. The lowest BCUT2D eigenvalue weighted by Crippen LogP contribution is -2.60. The summed E-state index contributed by atoms with van der Waals surface area (Å²) in [5, 5.41) is 33.3. The fourth-order valence-electron chi connectivity index (χ4n) is 9.68. The number of methoxy groups -OCH3 is 1. The summed E-state index contributed by atoms with van der Waals surface area (Å²) >= 11 is 0.